The molecule has 9 heavy (non-hydrogen) atoms. The van der Waals surface area contributed by atoms with Crippen molar-refractivity contribution in [1.82, 2.24) is 0 Å². The Morgan fingerprint density at radius 2 is 1.89 bits per heavy atom. The summed E-state index contributed by atoms with van der Waals surface area (Å²) >= 11 is 11.8. The highest BCUT2D eigenvalue weighted by Gasteiger charge is 2.22. The summed E-state index contributed by atoms with van der Waals surface area (Å²) in [6.07, 6.45) is 1.18. The van der Waals surface area contributed by atoms with Crippen molar-refractivity contribution in [3.63, 3.8) is 0 Å². The second kappa shape index (κ2) is 3.84. The van der Waals surface area contributed by atoms with E-state index in [4.69, 9.17) is 22.2 Å². The molecule has 0 bridgehead atoms. The first kappa shape index (κ1) is 9.80. The van der Waals surface area contributed by atoms with Gasteiger partial charge in [0, 0.05) is 0 Å². The van der Waals surface area contributed by atoms with Crippen molar-refractivity contribution in [2.45, 2.75) is 32.9 Å². The van der Waals surface area contributed by atoms with E-state index in [-0.39, 0.29) is 0 Å². The van der Waals surface area contributed by atoms with Gasteiger partial charge in [0.05, 0.1) is 0 Å². The lowest BCUT2D eigenvalue weighted by Gasteiger charge is -2.14. The van der Waals surface area contributed by atoms with Crippen LogP contribution in [0.2, 0.25) is 12.6 Å². The summed E-state index contributed by atoms with van der Waals surface area (Å²) in [6, 6.07) is 1.02. The standard InChI is InChI=1S/C6H14Cl2Si/c1-4-6(2)5-9(3,7)8/h6H,4-5H2,1-3H3/t6-/m0/s1. The van der Waals surface area contributed by atoms with E-state index in [9.17, 15) is 0 Å². The number of hydrogen-bond donors (Lipinski definition) is 0. The quantitative estimate of drug-likeness (QED) is 0.465. The van der Waals surface area contributed by atoms with E-state index in [0.717, 1.165) is 6.04 Å². The molecule has 3 heteroatoms. The summed E-state index contributed by atoms with van der Waals surface area (Å²) in [4.78, 5) is 0. The molecule has 0 fully saturated rings. The van der Waals surface area contributed by atoms with Gasteiger partial charge in [0.15, 0.2) is 0 Å². The van der Waals surface area contributed by atoms with Crippen molar-refractivity contribution >= 4 is 28.9 Å². The maximum atomic E-state index is 5.91. The molecule has 0 saturated carbocycles. The molecule has 0 heterocycles. The predicted octanol–water partition coefficient (Wildman–Crippen LogP) is 3.58. The Labute approximate surface area is 68.0 Å². The SMILES string of the molecule is CC[C@H](C)C[Si](C)(Cl)Cl. The summed E-state index contributed by atoms with van der Waals surface area (Å²) in [5.41, 5.74) is 0. The average Bonchev–Trinajstić information content (AvgIpc) is 1.62. The van der Waals surface area contributed by atoms with Crippen LogP contribution < -0.4 is 0 Å². The molecule has 0 aromatic carbocycles. The largest absolute Gasteiger partial charge is 0.248 e. The van der Waals surface area contributed by atoms with E-state index in [1.54, 1.807) is 0 Å². The molecular weight excluding hydrogens is 171 g/mol. The fourth-order valence-electron chi connectivity index (χ4n) is 0.756. The molecule has 0 saturated heterocycles. The fraction of sp³-hybridized carbons (Fsp3) is 1.00. The highest BCUT2D eigenvalue weighted by molar-refractivity contribution is 7.44. The summed E-state index contributed by atoms with van der Waals surface area (Å²) in [5, 5.41) is 0. The lowest BCUT2D eigenvalue weighted by molar-refractivity contribution is 0.620. The van der Waals surface area contributed by atoms with Crippen LogP contribution in [-0.4, -0.2) is 6.69 Å². The van der Waals surface area contributed by atoms with E-state index >= 15 is 0 Å². The third-order valence-corrected chi connectivity index (χ3v) is 3.74. The van der Waals surface area contributed by atoms with Crippen LogP contribution in [0.15, 0.2) is 0 Å². The summed E-state index contributed by atoms with van der Waals surface area (Å²) < 4.78 is 0. The van der Waals surface area contributed by atoms with Crippen LogP contribution in [0.4, 0.5) is 0 Å². The Morgan fingerprint density at radius 3 is 2.00 bits per heavy atom. The lowest BCUT2D eigenvalue weighted by atomic mass is 10.2. The molecule has 0 nitrogen and oxygen atoms in total. The summed E-state index contributed by atoms with van der Waals surface area (Å²) in [6.45, 7) is 4.53. The second-order valence-corrected chi connectivity index (χ2v) is 10.9. The van der Waals surface area contributed by atoms with Crippen molar-refractivity contribution in [3.8, 4) is 0 Å². The van der Waals surface area contributed by atoms with Gasteiger partial charge < -0.3 is 0 Å². The predicted molar refractivity (Wildman–Crippen MR) is 47.6 cm³/mol. The van der Waals surface area contributed by atoms with Crippen molar-refractivity contribution in [2.24, 2.45) is 5.92 Å². The minimum absolute atomic E-state index is 0.691. The first-order valence-corrected chi connectivity index (χ1v) is 8.06. The molecule has 0 aromatic heterocycles. The molecular formula is C6H14Cl2Si. The van der Waals surface area contributed by atoms with E-state index in [2.05, 4.69) is 13.8 Å². The molecule has 0 rings (SSSR count). The lowest BCUT2D eigenvalue weighted by Crippen LogP contribution is -2.16. The molecule has 0 aliphatic rings. The third kappa shape index (κ3) is 6.69. The summed E-state index contributed by atoms with van der Waals surface area (Å²) in [5.74, 6) is 0.691. The van der Waals surface area contributed by atoms with Crippen LogP contribution in [-0.2, 0) is 0 Å². The highest BCUT2D eigenvalue weighted by atomic mass is 35.7. The van der Waals surface area contributed by atoms with Gasteiger partial charge >= 0.3 is 0 Å². The van der Waals surface area contributed by atoms with Crippen molar-refractivity contribution in [2.75, 3.05) is 0 Å². The second-order valence-electron chi connectivity index (χ2n) is 2.79. The van der Waals surface area contributed by atoms with Crippen LogP contribution in [0.25, 0.3) is 0 Å². The molecule has 0 N–H and O–H groups in total. The van der Waals surface area contributed by atoms with E-state index in [1.165, 1.54) is 6.42 Å². The number of rotatable bonds is 3. The Kier molecular flexibility index (Phi) is 4.18. The number of hydrogen-bond acceptors (Lipinski definition) is 0. The van der Waals surface area contributed by atoms with E-state index in [1.807, 2.05) is 6.55 Å². The van der Waals surface area contributed by atoms with Gasteiger partial charge in [-0.05, 0) is 18.5 Å². The molecule has 0 spiro atoms. The maximum Gasteiger partial charge on any atom is 0.248 e. The normalized spacial score (nSPS) is 15.7. The van der Waals surface area contributed by atoms with Crippen LogP contribution in [0.1, 0.15) is 20.3 Å². The van der Waals surface area contributed by atoms with Gasteiger partial charge in [-0.25, -0.2) is 0 Å². The zero-order valence-electron chi connectivity index (χ0n) is 6.25. The molecule has 0 radical (unpaired) electrons. The van der Waals surface area contributed by atoms with Crippen LogP contribution in [0.3, 0.4) is 0 Å². The smallest absolute Gasteiger partial charge is 0.146 e. The van der Waals surface area contributed by atoms with Gasteiger partial charge in [0.1, 0.15) is 0 Å². The Balaban J connectivity index is 3.47. The van der Waals surface area contributed by atoms with Crippen molar-refractivity contribution < 1.29 is 0 Å². The Bertz CT molecular complexity index is 77.6. The van der Waals surface area contributed by atoms with Crippen LogP contribution in [0, 0.1) is 5.92 Å². The maximum absolute atomic E-state index is 5.91. The molecule has 0 aromatic rings. The molecule has 0 aliphatic heterocycles. The third-order valence-electron chi connectivity index (χ3n) is 1.40. The van der Waals surface area contributed by atoms with E-state index in [0.29, 0.717) is 5.92 Å². The first-order chi connectivity index (χ1) is 3.95. The minimum atomic E-state index is -1.80. The van der Waals surface area contributed by atoms with Crippen molar-refractivity contribution in [3.05, 3.63) is 0 Å². The Morgan fingerprint density at radius 1 is 1.44 bits per heavy atom. The monoisotopic (exact) mass is 184 g/mol. The van der Waals surface area contributed by atoms with Gasteiger partial charge in [-0.3, -0.25) is 0 Å². The topological polar surface area (TPSA) is 0 Å². The van der Waals surface area contributed by atoms with Crippen LogP contribution >= 0.6 is 22.2 Å². The molecule has 0 aliphatic carbocycles. The van der Waals surface area contributed by atoms with E-state index < -0.39 is 6.69 Å². The first-order valence-electron chi connectivity index (χ1n) is 3.33. The van der Waals surface area contributed by atoms with Gasteiger partial charge in [0.25, 0.3) is 0 Å². The molecule has 0 unspecified atom stereocenters. The van der Waals surface area contributed by atoms with Gasteiger partial charge in [-0.1, -0.05) is 20.3 Å². The number of halogens is 2. The van der Waals surface area contributed by atoms with Gasteiger partial charge in [-0.15, -0.1) is 22.2 Å². The minimum Gasteiger partial charge on any atom is -0.146 e. The molecule has 56 valence electrons. The van der Waals surface area contributed by atoms with Crippen molar-refractivity contribution in [1.29, 1.82) is 0 Å². The zero-order valence-corrected chi connectivity index (χ0v) is 8.76. The molecule has 1 atom stereocenters. The van der Waals surface area contributed by atoms with Crippen LogP contribution in [0.5, 0.6) is 0 Å². The highest BCUT2D eigenvalue weighted by Crippen LogP contribution is 2.25. The van der Waals surface area contributed by atoms with Gasteiger partial charge in [0.2, 0.25) is 6.69 Å². The summed E-state index contributed by atoms with van der Waals surface area (Å²) in [7, 11) is 0. The fourth-order valence-corrected chi connectivity index (χ4v) is 3.85. The Hall–Kier alpha value is 0.797. The molecule has 0 amide bonds. The average molecular weight is 185 g/mol. The van der Waals surface area contributed by atoms with Gasteiger partial charge in [-0.2, -0.15) is 0 Å². The zero-order chi connectivity index (χ0) is 7.49.